The maximum atomic E-state index is 12.0. The molecule has 4 heterocycles. The third-order valence-corrected chi connectivity index (χ3v) is 7.27. The summed E-state index contributed by atoms with van der Waals surface area (Å²) in [7, 11) is 0. The molecule has 3 aromatic heterocycles. The van der Waals surface area contributed by atoms with Crippen molar-refractivity contribution < 1.29 is 14.3 Å². The number of hydrogen-bond donors (Lipinski definition) is 1. The van der Waals surface area contributed by atoms with Crippen LogP contribution in [-0.2, 0) is 9.53 Å². The number of hydrogen-bond acceptors (Lipinski definition) is 9. The molecule has 1 aliphatic heterocycles. The second kappa shape index (κ2) is 8.30. The van der Waals surface area contributed by atoms with Crippen molar-refractivity contribution in [3.05, 3.63) is 30.3 Å². The van der Waals surface area contributed by atoms with E-state index in [1.54, 1.807) is 4.52 Å². The summed E-state index contributed by atoms with van der Waals surface area (Å²) in [5.74, 6) is 0.778. The molecule has 0 radical (unpaired) electrons. The van der Waals surface area contributed by atoms with Crippen LogP contribution in [0.4, 0.5) is 5.13 Å². The average molecular weight is 469 g/mol. The minimum absolute atomic E-state index is 0.0680. The number of fused-ring (bicyclic) bond motifs is 2. The fourth-order valence-corrected chi connectivity index (χ4v) is 5.33. The van der Waals surface area contributed by atoms with Crippen molar-refractivity contribution in [3.8, 4) is 5.88 Å². The lowest BCUT2D eigenvalue weighted by Crippen LogP contribution is -2.26. The molecule has 6 rings (SSSR count). The van der Waals surface area contributed by atoms with Crippen LogP contribution in [0.15, 0.2) is 40.4 Å². The first-order chi connectivity index (χ1) is 15.7. The molecule has 0 spiro atoms. The number of aromatic nitrogens is 5. The highest BCUT2D eigenvalue weighted by atomic mass is 32.2. The van der Waals surface area contributed by atoms with E-state index in [1.165, 1.54) is 23.1 Å². The summed E-state index contributed by atoms with van der Waals surface area (Å²) in [6, 6.07) is 9.68. The van der Waals surface area contributed by atoms with Gasteiger partial charge in [-0.25, -0.2) is 4.98 Å². The molecule has 1 amide bonds. The molecule has 0 unspecified atom stereocenters. The summed E-state index contributed by atoms with van der Waals surface area (Å²) in [4.78, 5) is 17.5. The highest BCUT2D eigenvalue weighted by Crippen LogP contribution is 2.35. The van der Waals surface area contributed by atoms with Crippen LogP contribution in [0.1, 0.15) is 25.7 Å². The zero-order valence-electron chi connectivity index (χ0n) is 17.1. The van der Waals surface area contributed by atoms with E-state index in [1.807, 2.05) is 30.3 Å². The Labute approximate surface area is 191 Å². The van der Waals surface area contributed by atoms with Gasteiger partial charge in [0.15, 0.2) is 10.8 Å². The Hall–Kier alpha value is -2.76. The molecule has 11 heteroatoms. The van der Waals surface area contributed by atoms with Gasteiger partial charge in [-0.3, -0.25) is 4.79 Å². The summed E-state index contributed by atoms with van der Waals surface area (Å²) in [5, 5.41) is 17.3. The van der Waals surface area contributed by atoms with Gasteiger partial charge >= 0.3 is 0 Å². The van der Waals surface area contributed by atoms with Crippen molar-refractivity contribution in [2.24, 2.45) is 5.92 Å². The van der Waals surface area contributed by atoms with Gasteiger partial charge in [0.25, 0.3) is 0 Å². The Morgan fingerprint density at radius 2 is 2.03 bits per heavy atom. The number of carbonyl (C=O) groups excluding carboxylic acids is 1. The molecule has 1 aliphatic carbocycles. The minimum Gasteiger partial charge on any atom is -0.473 e. The van der Waals surface area contributed by atoms with E-state index < -0.39 is 0 Å². The predicted octanol–water partition coefficient (Wildman–Crippen LogP) is 3.79. The maximum absolute atomic E-state index is 12.0. The van der Waals surface area contributed by atoms with Crippen LogP contribution in [-0.4, -0.2) is 50.0 Å². The third kappa shape index (κ3) is 4.15. The third-order valence-electron chi connectivity index (χ3n) is 5.41. The summed E-state index contributed by atoms with van der Waals surface area (Å²) in [6.07, 6.45) is 3.78. The molecule has 0 atom stereocenters. The van der Waals surface area contributed by atoms with Gasteiger partial charge < -0.3 is 14.8 Å². The molecule has 2 fully saturated rings. The van der Waals surface area contributed by atoms with Crippen molar-refractivity contribution in [1.82, 2.24) is 24.8 Å². The fourth-order valence-electron chi connectivity index (χ4n) is 3.52. The molecule has 1 aromatic carbocycles. The highest BCUT2D eigenvalue weighted by Gasteiger charge is 2.30. The van der Waals surface area contributed by atoms with Gasteiger partial charge in [-0.1, -0.05) is 11.3 Å². The summed E-state index contributed by atoms with van der Waals surface area (Å²) < 4.78 is 14.1. The van der Waals surface area contributed by atoms with Crippen LogP contribution in [0.5, 0.6) is 5.88 Å². The van der Waals surface area contributed by atoms with Crippen molar-refractivity contribution in [2.75, 3.05) is 18.5 Å². The smallest absolute Gasteiger partial charge is 0.232 e. The first-order valence-corrected chi connectivity index (χ1v) is 12.2. The standard InChI is InChI=1S/C21H20N6O3S2/c28-19(12-1-2-12)23-20-22-15-4-3-14(11-16(15)32-20)31-21-25-24-17-5-6-18(26-27(17)21)30-13-7-9-29-10-8-13/h3-6,11-13H,1-2,7-10H2,(H,22,23,28). The van der Waals surface area contributed by atoms with Gasteiger partial charge in [0.05, 0.1) is 23.4 Å². The lowest BCUT2D eigenvalue weighted by atomic mass is 10.2. The zero-order valence-corrected chi connectivity index (χ0v) is 18.7. The number of nitrogens with one attached hydrogen (secondary N) is 1. The average Bonchev–Trinajstić information content (AvgIpc) is 3.48. The molecule has 4 aromatic rings. The fraction of sp³-hybridized carbons (Fsp3) is 0.381. The number of nitrogens with zero attached hydrogens (tertiary/aromatic N) is 5. The van der Waals surface area contributed by atoms with Gasteiger partial charge in [-0.15, -0.1) is 15.3 Å². The van der Waals surface area contributed by atoms with E-state index in [-0.39, 0.29) is 17.9 Å². The Bertz CT molecular complexity index is 1300. The van der Waals surface area contributed by atoms with E-state index in [0.29, 0.717) is 35.0 Å². The Kier molecular flexibility index (Phi) is 5.16. The summed E-state index contributed by atoms with van der Waals surface area (Å²) in [5.41, 5.74) is 1.53. The second-order valence-corrected chi connectivity index (χ2v) is 9.94. The maximum Gasteiger partial charge on any atom is 0.232 e. The van der Waals surface area contributed by atoms with Crippen molar-refractivity contribution in [3.63, 3.8) is 0 Å². The highest BCUT2D eigenvalue weighted by molar-refractivity contribution is 7.99. The molecular weight excluding hydrogens is 448 g/mol. The van der Waals surface area contributed by atoms with Crippen LogP contribution >= 0.6 is 23.1 Å². The largest absolute Gasteiger partial charge is 0.473 e. The quantitative estimate of drug-likeness (QED) is 0.456. The predicted molar refractivity (Wildman–Crippen MR) is 120 cm³/mol. The first-order valence-electron chi connectivity index (χ1n) is 10.6. The van der Waals surface area contributed by atoms with Crippen molar-refractivity contribution in [1.29, 1.82) is 0 Å². The summed E-state index contributed by atoms with van der Waals surface area (Å²) >= 11 is 2.95. The van der Waals surface area contributed by atoms with E-state index in [0.717, 1.165) is 40.8 Å². The van der Waals surface area contributed by atoms with Crippen molar-refractivity contribution in [2.45, 2.75) is 41.8 Å². The van der Waals surface area contributed by atoms with Crippen LogP contribution in [0, 0.1) is 5.92 Å². The monoisotopic (exact) mass is 468 g/mol. The van der Waals surface area contributed by atoms with Crippen LogP contribution in [0.25, 0.3) is 15.9 Å². The molecule has 1 saturated heterocycles. The number of ether oxygens (including phenoxy) is 2. The molecule has 164 valence electrons. The van der Waals surface area contributed by atoms with Crippen molar-refractivity contribution >= 4 is 50.0 Å². The minimum atomic E-state index is 0.0680. The van der Waals surface area contributed by atoms with E-state index in [9.17, 15) is 4.79 Å². The van der Waals surface area contributed by atoms with Gasteiger partial charge in [0.1, 0.15) is 6.10 Å². The van der Waals surface area contributed by atoms with E-state index >= 15 is 0 Å². The Morgan fingerprint density at radius 3 is 2.88 bits per heavy atom. The molecule has 0 bridgehead atoms. The molecule has 1 saturated carbocycles. The number of benzene rings is 1. The number of rotatable bonds is 6. The van der Waals surface area contributed by atoms with Gasteiger partial charge in [0, 0.05) is 29.7 Å². The number of anilines is 1. The van der Waals surface area contributed by atoms with Crippen LogP contribution in [0.2, 0.25) is 0 Å². The van der Waals surface area contributed by atoms with E-state index in [2.05, 4.69) is 25.6 Å². The van der Waals surface area contributed by atoms with Crippen LogP contribution in [0.3, 0.4) is 0 Å². The zero-order chi connectivity index (χ0) is 21.5. The molecule has 2 aliphatic rings. The van der Waals surface area contributed by atoms with Gasteiger partial charge in [-0.05, 0) is 48.9 Å². The topological polar surface area (TPSA) is 104 Å². The number of amides is 1. The SMILES string of the molecule is O=C(Nc1nc2ccc(Sc3nnc4ccc(OC5CCOCC5)nn34)cc2s1)C1CC1. The second-order valence-electron chi connectivity index (χ2n) is 7.87. The number of carbonyl (C=O) groups is 1. The number of thiazole rings is 1. The molecule has 1 N–H and O–H groups in total. The summed E-state index contributed by atoms with van der Waals surface area (Å²) in [6.45, 7) is 1.43. The van der Waals surface area contributed by atoms with Crippen LogP contribution < -0.4 is 10.1 Å². The molecular formula is C21H20N6O3S2. The van der Waals surface area contributed by atoms with Gasteiger partial charge in [0.2, 0.25) is 16.9 Å². The molecule has 32 heavy (non-hydrogen) atoms. The first kappa shape index (κ1) is 19.9. The van der Waals surface area contributed by atoms with E-state index in [4.69, 9.17) is 9.47 Å². The lowest BCUT2D eigenvalue weighted by molar-refractivity contribution is -0.117. The Balaban J connectivity index is 1.22. The lowest BCUT2D eigenvalue weighted by Gasteiger charge is -2.22. The molecule has 9 nitrogen and oxygen atoms in total. The normalized spacial score (nSPS) is 17.1. The van der Waals surface area contributed by atoms with Gasteiger partial charge in [-0.2, -0.15) is 4.52 Å². The Morgan fingerprint density at radius 1 is 1.16 bits per heavy atom.